The normalized spacial score (nSPS) is 38.7. The molecule has 3 nitrogen and oxygen atoms in total. The number of amides is 1. The minimum absolute atomic E-state index is 0.0518. The van der Waals surface area contributed by atoms with E-state index in [1.165, 1.54) is 32.1 Å². The molecule has 1 saturated carbocycles. The summed E-state index contributed by atoms with van der Waals surface area (Å²) in [6.07, 6.45) is 8.29. The van der Waals surface area contributed by atoms with Gasteiger partial charge in [0.2, 0.25) is 5.91 Å². The second-order valence-electron chi connectivity index (χ2n) is 6.03. The quantitative estimate of drug-likeness (QED) is 0.774. The molecule has 2 fully saturated rings. The molecule has 2 N–H and O–H groups in total. The van der Waals surface area contributed by atoms with Crippen LogP contribution in [0.15, 0.2) is 0 Å². The highest BCUT2D eigenvalue weighted by atomic mass is 16.2. The molecule has 2 rings (SSSR count). The highest BCUT2D eigenvalue weighted by Crippen LogP contribution is 2.23. The molecule has 0 aromatic rings. The van der Waals surface area contributed by atoms with Gasteiger partial charge in [-0.2, -0.15) is 0 Å². The lowest BCUT2D eigenvalue weighted by Gasteiger charge is -2.32. The first-order valence-corrected chi connectivity index (χ1v) is 7.21. The molecular weight excluding hydrogens is 212 g/mol. The SMILES string of the molecule is CC1CCCC(NC(=O)C2CCCC(C)N2)C1. The third-order valence-corrected chi connectivity index (χ3v) is 4.21. The number of carbonyl (C=O) groups excluding carboxylic acids is 1. The summed E-state index contributed by atoms with van der Waals surface area (Å²) in [6.45, 7) is 4.46. The Balaban J connectivity index is 1.79. The van der Waals surface area contributed by atoms with Gasteiger partial charge in [-0.15, -0.1) is 0 Å². The molecule has 4 unspecified atom stereocenters. The Morgan fingerprint density at radius 1 is 1.12 bits per heavy atom. The molecule has 0 bridgehead atoms. The standard InChI is InChI=1S/C14H26N2O/c1-10-5-3-7-12(9-10)16-14(17)13-8-4-6-11(2)15-13/h10-13,15H,3-9H2,1-2H3,(H,16,17). The number of piperidine rings is 1. The van der Waals surface area contributed by atoms with Crippen LogP contribution >= 0.6 is 0 Å². The highest BCUT2D eigenvalue weighted by molar-refractivity contribution is 5.82. The third kappa shape index (κ3) is 3.70. The predicted molar refractivity (Wildman–Crippen MR) is 69.8 cm³/mol. The van der Waals surface area contributed by atoms with Crippen molar-refractivity contribution in [2.24, 2.45) is 5.92 Å². The lowest BCUT2D eigenvalue weighted by molar-refractivity contribution is -0.125. The molecule has 0 aromatic heterocycles. The highest BCUT2D eigenvalue weighted by Gasteiger charge is 2.27. The molecule has 1 heterocycles. The second kappa shape index (κ2) is 5.85. The van der Waals surface area contributed by atoms with Crippen molar-refractivity contribution >= 4 is 5.91 Å². The van der Waals surface area contributed by atoms with Crippen LogP contribution in [-0.4, -0.2) is 24.0 Å². The summed E-state index contributed by atoms with van der Waals surface area (Å²) in [5.41, 5.74) is 0. The predicted octanol–water partition coefficient (Wildman–Crippen LogP) is 2.21. The first-order valence-electron chi connectivity index (χ1n) is 7.21. The van der Waals surface area contributed by atoms with E-state index < -0.39 is 0 Å². The van der Waals surface area contributed by atoms with E-state index in [4.69, 9.17) is 0 Å². The minimum atomic E-state index is 0.0518. The van der Waals surface area contributed by atoms with Crippen molar-refractivity contribution in [2.45, 2.75) is 76.9 Å². The Morgan fingerprint density at radius 2 is 1.88 bits per heavy atom. The van der Waals surface area contributed by atoms with Gasteiger partial charge >= 0.3 is 0 Å². The van der Waals surface area contributed by atoms with E-state index in [1.807, 2.05) is 0 Å². The van der Waals surface area contributed by atoms with Gasteiger partial charge in [-0.3, -0.25) is 4.79 Å². The summed E-state index contributed by atoms with van der Waals surface area (Å²) in [4.78, 5) is 12.1. The first-order chi connectivity index (χ1) is 8.15. The van der Waals surface area contributed by atoms with Crippen molar-refractivity contribution in [3.05, 3.63) is 0 Å². The average molecular weight is 238 g/mol. The molecule has 1 aliphatic heterocycles. The van der Waals surface area contributed by atoms with E-state index in [1.54, 1.807) is 0 Å². The van der Waals surface area contributed by atoms with Crippen molar-refractivity contribution in [1.82, 2.24) is 10.6 Å². The van der Waals surface area contributed by atoms with Gasteiger partial charge in [-0.05, 0) is 44.9 Å². The maximum absolute atomic E-state index is 12.1. The van der Waals surface area contributed by atoms with E-state index in [9.17, 15) is 4.79 Å². The van der Waals surface area contributed by atoms with Crippen LogP contribution in [0, 0.1) is 5.92 Å². The van der Waals surface area contributed by atoms with Crippen molar-refractivity contribution in [3.63, 3.8) is 0 Å². The fraction of sp³-hybridized carbons (Fsp3) is 0.929. The van der Waals surface area contributed by atoms with Gasteiger partial charge in [0.1, 0.15) is 0 Å². The summed E-state index contributed by atoms with van der Waals surface area (Å²) in [6, 6.07) is 0.964. The van der Waals surface area contributed by atoms with Gasteiger partial charge in [0, 0.05) is 12.1 Å². The molecular formula is C14H26N2O. The van der Waals surface area contributed by atoms with E-state index in [0.717, 1.165) is 18.8 Å². The zero-order valence-electron chi connectivity index (χ0n) is 11.2. The van der Waals surface area contributed by atoms with Gasteiger partial charge in [0.05, 0.1) is 6.04 Å². The van der Waals surface area contributed by atoms with Crippen molar-refractivity contribution in [1.29, 1.82) is 0 Å². The second-order valence-corrected chi connectivity index (χ2v) is 6.03. The molecule has 1 aliphatic carbocycles. The monoisotopic (exact) mass is 238 g/mol. The number of hydrogen-bond donors (Lipinski definition) is 2. The van der Waals surface area contributed by atoms with Crippen LogP contribution in [0.5, 0.6) is 0 Å². The van der Waals surface area contributed by atoms with Gasteiger partial charge < -0.3 is 10.6 Å². The largest absolute Gasteiger partial charge is 0.352 e. The van der Waals surface area contributed by atoms with E-state index in [-0.39, 0.29) is 11.9 Å². The van der Waals surface area contributed by atoms with Crippen LogP contribution in [0.4, 0.5) is 0 Å². The van der Waals surface area contributed by atoms with Gasteiger partial charge in [0.25, 0.3) is 0 Å². The fourth-order valence-electron chi connectivity index (χ4n) is 3.21. The minimum Gasteiger partial charge on any atom is -0.352 e. The first kappa shape index (κ1) is 12.9. The molecule has 4 atom stereocenters. The maximum atomic E-state index is 12.1. The molecule has 3 heteroatoms. The third-order valence-electron chi connectivity index (χ3n) is 4.21. The molecule has 0 aromatic carbocycles. The number of nitrogens with one attached hydrogen (secondary N) is 2. The Labute approximate surface area is 105 Å². The molecule has 0 radical (unpaired) electrons. The van der Waals surface area contributed by atoms with E-state index in [2.05, 4.69) is 24.5 Å². The molecule has 17 heavy (non-hydrogen) atoms. The molecule has 98 valence electrons. The van der Waals surface area contributed by atoms with Crippen LogP contribution in [0.1, 0.15) is 58.8 Å². The summed E-state index contributed by atoms with van der Waals surface area (Å²) >= 11 is 0. The summed E-state index contributed by atoms with van der Waals surface area (Å²) < 4.78 is 0. The van der Waals surface area contributed by atoms with Crippen LogP contribution < -0.4 is 10.6 Å². The number of hydrogen-bond acceptors (Lipinski definition) is 2. The summed E-state index contributed by atoms with van der Waals surface area (Å²) in [5, 5.41) is 6.64. The van der Waals surface area contributed by atoms with E-state index in [0.29, 0.717) is 12.1 Å². The van der Waals surface area contributed by atoms with Crippen LogP contribution in [0.2, 0.25) is 0 Å². The maximum Gasteiger partial charge on any atom is 0.237 e. The van der Waals surface area contributed by atoms with Crippen LogP contribution in [0.25, 0.3) is 0 Å². The smallest absolute Gasteiger partial charge is 0.237 e. The molecule has 2 aliphatic rings. The van der Waals surface area contributed by atoms with Crippen LogP contribution in [-0.2, 0) is 4.79 Å². The van der Waals surface area contributed by atoms with Crippen molar-refractivity contribution < 1.29 is 4.79 Å². The lowest BCUT2D eigenvalue weighted by atomic mass is 9.87. The topological polar surface area (TPSA) is 41.1 Å². The van der Waals surface area contributed by atoms with Crippen molar-refractivity contribution in [3.8, 4) is 0 Å². The Kier molecular flexibility index (Phi) is 4.43. The molecule has 0 spiro atoms. The van der Waals surface area contributed by atoms with Gasteiger partial charge in [0.15, 0.2) is 0 Å². The fourth-order valence-corrected chi connectivity index (χ4v) is 3.21. The zero-order valence-corrected chi connectivity index (χ0v) is 11.2. The van der Waals surface area contributed by atoms with Crippen molar-refractivity contribution in [2.75, 3.05) is 0 Å². The summed E-state index contributed by atoms with van der Waals surface area (Å²) in [7, 11) is 0. The number of carbonyl (C=O) groups is 1. The van der Waals surface area contributed by atoms with Gasteiger partial charge in [-0.1, -0.05) is 19.8 Å². The Morgan fingerprint density at radius 3 is 2.59 bits per heavy atom. The Hall–Kier alpha value is -0.570. The summed E-state index contributed by atoms with van der Waals surface area (Å²) in [5.74, 6) is 1.00. The van der Waals surface area contributed by atoms with Gasteiger partial charge in [-0.25, -0.2) is 0 Å². The number of rotatable bonds is 2. The lowest BCUT2D eigenvalue weighted by Crippen LogP contribution is -2.52. The van der Waals surface area contributed by atoms with E-state index >= 15 is 0 Å². The zero-order chi connectivity index (χ0) is 12.3. The molecule has 1 saturated heterocycles. The van der Waals surface area contributed by atoms with Crippen LogP contribution in [0.3, 0.4) is 0 Å². The molecule has 1 amide bonds. The average Bonchev–Trinajstić information content (AvgIpc) is 2.29. The Bertz CT molecular complexity index is 267.